The topological polar surface area (TPSA) is 103 Å². The van der Waals surface area contributed by atoms with Crippen molar-refractivity contribution < 1.29 is 23.9 Å². The minimum Gasteiger partial charge on any atom is -0.379 e. The van der Waals surface area contributed by atoms with Crippen LogP contribution in [0.4, 0.5) is 0 Å². The van der Waals surface area contributed by atoms with Gasteiger partial charge in [0, 0.05) is 39.6 Å². The minimum absolute atomic E-state index is 0.0113. The number of nitrogens with one attached hydrogen (secondary N) is 2. The average Bonchev–Trinajstić information content (AvgIpc) is 3.53. The Balaban J connectivity index is 2.13. The summed E-state index contributed by atoms with van der Waals surface area (Å²) >= 11 is 0. The molecule has 1 aromatic rings. The Morgan fingerprint density at radius 1 is 1.00 bits per heavy atom. The number of carbonyl (C=O) groups is 3. The number of ether oxygens (including phenoxy) is 2. The number of rotatable bonds is 20. The molecular weight excluding hydrogens is 606 g/mol. The van der Waals surface area contributed by atoms with Gasteiger partial charge in [0.1, 0.15) is 0 Å². The van der Waals surface area contributed by atoms with Crippen LogP contribution in [0, 0.1) is 17.8 Å². The van der Waals surface area contributed by atoms with Gasteiger partial charge in [0.2, 0.25) is 17.7 Å². The van der Waals surface area contributed by atoms with Crippen LogP contribution >= 0.6 is 0 Å². The summed E-state index contributed by atoms with van der Waals surface area (Å²) in [5.41, 5.74) is 1.92. The fraction of sp³-hybridized carbons (Fsp3) is 0.711. The monoisotopic (exact) mass is 671 g/mol. The number of amides is 3. The van der Waals surface area contributed by atoms with Crippen molar-refractivity contribution in [2.45, 2.75) is 110 Å². The van der Waals surface area contributed by atoms with Crippen molar-refractivity contribution in [3.63, 3.8) is 0 Å². The molecule has 3 amide bonds. The molecule has 0 spiro atoms. The zero-order chi connectivity index (χ0) is 36.1. The van der Waals surface area contributed by atoms with E-state index >= 15 is 0 Å². The molecule has 10 heteroatoms. The van der Waals surface area contributed by atoms with Crippen LogP contribution < -0.4 is 10.6 Å². The maximum Gasteiger partial charge on any atom is 0.237 e. The quantitative estimate of drug-likeness (QED) is 0.213. The number of methoxy groups -OCH3 is 2. The molecule has 0 aliphatic carbocycles. The second-order valence-corrected chi connectivity index (χ2v) is 14.3. The molecule has 272 valence electrons. The molecule has 1 fully saturated rings. The van der Waals surface area contributed by atoms with E-state index < -0.39 is 18.1 Å². The Morgan fingerprint density at radius 2 is 1.65 bits per heavy atom. The molecule has 10 nitrogen and oxygen atoms in total. The highest BCUT2D eigenvalue weighted by Crippen LogP contribution is 2.30. The van der Waals surface area contributed by atoms with Crippen LogP contribution in [0.25, 0.3) is 0 Å². The molecule has 1 aliphatic rings. The lowest BCUT2D eigenvalue weighted by Crippen LogP contribution is -2.53. The molecule has 1 heterocycles. The molecule has 1 aliphatic heterocycles. The first kappa shape index (κ1) is 41.2. The number of hydrogen-bond acceptors (Lipinski definition) is 7. The summed E-state index contributed by atoms with van der Waals surface area (Å²) in [4.78, 5) is 46.3. The van der Waals surface area contributed by atoms with Gasteiger partial charge in [0.05, 0.1) is 49.2 Å². The van der Waals surface area contributed by atoms with Crippen LogP contribution in [0.5, 0.6) is 0 Å². The molecule has 0 bridgehead atoms. The normalized spacial score (nSPS) is 19.3. The van der Waals surface area contributed by atoms with Crippen molar-refractivity contribution in [1.29, 1.82) is 0 Å². The van der Waals surface area contributed by atoms with Gasteiger partial charge in [-0.3, -0.25) is 19.3 Å². The van der Waals surface area contributed by atoms with E-state index in [1.807, 2.05) is 76.8 Å². The summed E-state index contributed by atoms with van der Waals surface area (Å²) in [6.45, 7) is 17.5. The molecule has 48 heavy (non-hydrogen) atoms. The van der Waals surface area contributed by atoms with E-state index in [4.69, 9.17) is 9.47 Å². The lowest BCUT2D eigenvalue weighted by Gasteiger charge is -2.41. The third kappa shape index (κ3) is 11.3. The maximum atomic E-state index is 14.0. The third-order valence-corrected chi connectivity index (χ3v) is 10.1. The Kier molecular flexibility index (Phi) is 17.1. The van der Waals surface area contributed by atoms with Gasteiger partial charge in [-0.05, 0) is 57.7 Å². The van der Waals surface area contributed by atoms with E-state index in [9.17, 15) is 14.4 Å². The Morgan fingerprint density at radius 3 is 2.19 bits per heavy atom. The van der Waals surface area contributed by atoms with E-state index in [0.29, 0.717) is 13.1 Å². The van der Waals surface area contributed by atoms with Gasteiger partial charge in [-0.1, -0.05) is 78.0 Å². The first-order chi connectivity index (χ1) is 22.7. The Labute approximate surface area is 291 Å². The van der Waals surface area contributed by atoms with Gasteiger partial charge in [-0.25, -0.2) is 0 Å². The summed E-state index contributed by atoms with van der Waals surface area (Å²) in [5.74, 6) is -0.213. The third-order valence-electron chi connectivity index (χ3n) is 10.1. The fourth-order valence-corrected chi connectivity index (χ4v) is 7.31. The average molecular weight is 672 g/mol. The second-order valence-electron chi connectivity index (χ2n) is 14.3. The zero-order valence-electron chi connectivity index (χ0n) is 31.6. The maximum absolute atomic E-state index is 14.0. The lowest BCUT2D eigenvalue weighted by molar-refractivity contribution is -0.143. The highest BCUT2D eigenvalue weighted by atomic mass is 16.5. The molecule has 0 radical (unpaired) electrons. The Bertz CT molecular complexity index is 1150. The molecule has 1 saturated heterocycles. The number of nitrogens with zero attached hydrogens (tertiary/aromatic N) is 3. The van der Waals surface area contributed by atoms with E-state index in [2.05, 4.69) is 48.1 Å². The van der Waals surface area contributed by atoms with Gasteiger partial charge in [0.15, 0.2) is 0 Å². The van der Waals surface area contributed by atoms with Crippen LogP contribution in [0.1, 0.15) is 72.8 Å². The highest BCUT2D eigenvalue weighted by molar-refractivity contribution is 5.82. The summed E-state index contributed by atoms with van der Waals surface area (Å²) in [6.07, 6.45) is 2.59. The SMILES string of the molecule is C=C(CNC(=O)C(C(C)C)N(C)C)N(C)C(C(C)CC)C(CC(=O)N1CCCC1C(OC)C(C)C(=O)NC(C)Cc1ccccc1)OC. The number of carbonyl (C=O) groups excluding carboxylic acids is 3. The van der Waals surface area contributed by atoms with Crippen molar-refractivity contribution in [3.8, 4) is 0 Å². The largest absolute Gasteiger partial charge is 0.379 e. The van der Waals surface area contributed by atoms with E-state index in [-0.39, 0.29) is 60.1 Å². The fourth-order valence-electron chi connectivity index (χ4n) is 7.31. The van der Waals surface area contributed by atoms with Gasteiger partial charge >= 0.3 is 0 Å². The number of likely N-dealkylation sites (N-methyl/N-ethyl adjacent to an activating group) is 2. The molecule has 8 unspecified atom stereocenters. The van der Waals surface area contributed by atoms with Gasteiger partial charge in [-0.15, -0.1) is 0 Å². The molecule has 2 N–H and O–H groups in total. The van der Waals surface area contributed by atoms with Crippen molar-refractivity contribution in [2.24, 2.45) is 17.8 Å². The van der Waals surface area contributed by atoms with Crippen molar-refractivity contribution in [3.05, 3.63) is 48.2 Å². The second kappa shape index (κ2) is 19.9. The summed E-state index contributed by atoms with van der Waals surface area (Å²) < 4.78 is 12.0. The molecular formula is C38H65N5O5. The smallest absolute Gasteiger partial charge is 0.237 e. The first-order valence-corrected chi connectivity index (χ1v) is 17.7. The number of benzene rings is 1. The van der Waals surface area contributed by atoms with Crippen molar-refractivity contribution >= 4 is 17.7 Å². The zero-order valence-corrected chi connectivity index (χ0v) is 31.6. The predicted molar refractivity (Wildman–Crippen MR) is 193 cm³/mol. The molecule has 1 aromatic carbocycles. The predicted octanol–water partition coefficient (Wildman–Crippen LogP) is 4.34. The van der Waals surface area contributed by atoms with Crippen molar-refractivity contribution in [1.82, 2.24) is 25.3 Å². The van der Waals surface area contributed by atoms with Gasteiger partial charge in [-0.2, -0.15) is 0 Å². The van der Waals surface area contributed by atoms with Gasteiger partial charge < -0.3 is 29.9 Å². The van der Waals surface area contributed by atoms with Crippen LogP contribution in [0.2, 0.25) is 0 Å². The van der Waals surface area contributed by atoms with Crippen molar-refractivity contribution in [2.75, 3.05) is 48.5 Å². The minimum atomic E-state index is -0.440. The van der Waals surface area contributed by atoms with E-state index in [0.717, 1.165) is 31.4 Å². The number of likely N-dealkylation sites (tertiary alicyclic amines) is 1. The van der Waals surface area contributed by atoms with Crippen LogP contribution in [0.15, 0.2) is 42.6 Å². The molecule has 2 rings (SSSR count). The Hall–Kier alpha value is -2.95. The molecule has 0 saturated carbocycles. The number of hydrogen-bond donors (Lipinski definition) is 2. The summed E-state index contributed by atoms with van der Waals surface area (Å²) in [5, 5.41) is 6.22. The summed E-state index contributed by atoms with van der Waals surface area (Å²) in [7, 11) is 9.06. The van der Waals surface area contributed by atoms with Crippen LogP contribution in [0.3, 0.4) is 0 Å². The molecule has 0 aromatic heterocycles. The van der Waals surface area contributed by atoms with E-state index in [1.54, 1.807) is 14.2 Å². The molecule has 8 atom stereocenters. The standard InChI is InChI=1S/C38H65N5O5/c1-13-26(4)35(42(10)28(6)24-39-38(46)34(25(2)3)41(8)9)32(47-11)23-33(44)43-21-17-20-31(43)36(48-12)29(7)37(45)40-27(5)22-30-18-15-14-16-19-30/h14-16,18-19,25-27,29,31-32,34-36H,6,13,17,20-24H2,1-5,7-12H3,(H,39,46)(H,40,45). The van der Waals surface area contributed by atoms with Gasteiger partial charge in [0.25, 0.3) is 0 Å². The van der Waals surface area contributed by atoms with Crippen LogP contribution in [-0.4, -0.2) is 117 Å². The van der Waals surface area contributed by atoms with E-state index in [1.165, 1.54) is 5.56 Å². The highest BCUT2D eigenvalue weighted by Gasteiger charge is 2.41. The van der Waals surface area contributed by atoms with Crippen LogP contribution in [-0.2, 0) is 30.3 Å². The first-order valence-electron chi connectivity index (χ1n) is 17.7. The lowest BCUT2D eigenvalue weighted by atomic mass is 9.90. The summed E-state index contributed by atoms with van der Waals surface area (Å²) in [6, 6.07) is 9.48.